The minimum absolute atomic E-state index is 0. The van der Waals surface area contributed by atoms with Crippen LogP contribution in [0.3, 0.4) is 0 Å². The molecule has 0 spiro atoms. The fraction of sp³-hybridized carbons (Fsp3) is 0.762. The van der Waals surface area contributed by atoms with Crippen LogP contribution >= 0.6 is 35.3 Å². The van der Waals surface area contributed by atoms with Crippen LogP contribution < -0.4 is 5.32 Å². The molecule has 3 rings (SSSR count). The zero-order valence-corrected chi connectivity index (χ0v) is 20.6. The Morgan fingerprint density at radius 1 is 1.36 bits per heavy atom. The molecule has 3 heterocycles. The molecular formula is C21H36IN3O2S. The summed E-state index contributed by atoms with van der Waals surface area (Å²) in [4.78, 5) is 8.76. The maximum Gasteiger partial charge on any atom is 0.193 e. The van der Waals surface area contributed by atoms with Crippen LogP contribution in [-0.4, -0.2) is 62.5 Å². The highest BCUT2D eigenvalue weighted by atomic mass is 127. The fourth-order valence-electron chi connectivity index (χ4n) is 3.69. The number of rotatable bonds is 7. The molecule has 1 unspecified atom stereocenters. The summed E-state index contributed by atoms with van der Waals surface area (Å²) >= 11 is 1.82. The fourth-order valence-corrected chi connectivity index (χ4v) is 4.54. The van der Waals surface area contributed by atoms with Crippen molar-refractivity contribution in [3.8, 4) is 0 Å². The minimum atomic E-state index is 0. The molecule has 0 amide bonds. The molecule has 1 N–H and O–H groups in total. The second-order valence-electron chi connectivity index (χ2n) is 8.19. The highest BCUT2D eigenvalue weighted by Crippen LogP contribution is 2.28. The summed E-state index contributed by atoms with van der Waals surface area (Å²) in [6, 6.07) is 4.34. The van der Waals surface area contributed by atoms with Gasteiger partial charge in [0.2, 0.25) is 0 Å². The molecule has 0 aromatic carbocycles. The van der Waals surface area contributed by atoms with Gasteiger partial charge in [0.15, 0.2) is 5.96 Å². The van der Waals surface area contributed by atoms with Crippen molar-refractivity contribution in [1.82, 2.24) is 10.2 Å². The van der Waals surface area contributed by atoms with Crippen LogP contribution in [0.4, 0.5) is 0 Å². The smallest absolute Gasteiger partial charge is 0.193 e. The second-order valence-corrected chi connectivity index (χ2v) is 9.13. The van der Waals surface area contributed by atoms with E-state index in [1.165, 1.54) is 11.3 Å². The lowest BCUT2D eigenvalue weighted by Crippen LogP contribution is -2.47. The van der Waals surface area contributed by atoms with Gasteiger partial charge in [-0.3, -0.25) is 4.99 Å². The molecule has 0 radical (unpaired) electrons. The van der Waals surface area contributed by atoms with Crippen LogP contribution in [0.25, 0.3) is 0 Å². The number of hydrogen-bond acceptors (Lipinski definition) is 4. The lowest BCUT2D eigenvalue weighted by molar-refractivity contribution is -0.0367. The van der Waals surface area contributed by atoms with Gasteiger partial charge in [-0.15, -0.1) is 35.3 Å². The first-order valence-electron chi connectivity index (χ1n) is 10.4. The number of halogens is 1. The van der Waals surface area contributed by atoms with Crippen LogP contribution in [0.5, 0.6) is 0 Å². The third-order valence-corrected chi connectivity index (χ3v) is 6.67. The Kier molecular flexibility index (Phi) is 10.00. The van der Waals surface area contributed by atoms with Crippen molar-refractivity contribution in [2.45, 2.75) is 64.1 Å². The molecule has 2 fully saturated rings. The average Bonchev–Trinajstić information content (AvgIpc) is 3.38. The minimum Gasteiger partial charge on any atom is -0.376 e. The molecule has 160 valence electrons. The van der Waals surface area contributed by atoms with Gasteiger partial charge in [-0.1, -0.05) is 19.9 Å². The Morgan fingerprint density at radius 3 is 2.75 bits per heavy atom. The molecule has 1 aromatic rings. The predicted octanol–water partition coefficient (Wildman–Crippen LogP) is 4.27. The van der Waals surface area contributed by atoms with E-state index >= 15 is 0 Å². The maximum atomic E-state index is 6.11. The van der Waals surface area contributed by atoms with E-state index in [2.05, 4.69) is 48.5 Å². The topological polar surface area (TPSA) is 46.1 Å². The summed E-state index contributed by atoms with van der Waals surface area (Å²) in [6.45, 7) is 12.0. The van der Waals surface area contributed by atoms with Crippen LogP contribution in [-0.2, 0) is 14.9 Å². The molecule has 2 aliphatic rings. The van der Waals surface area contributed by atoms with E-state index in [-0.39, 0.29) is 29.4 Å². The predicted molar refractivity (Wildman–Crippen MR) is 128 cm³/mol. The van der Waals surface area contributed by atoms with Gasteiger partial charge in [-0.25, -0.2) is 0 Å². The maximum absolute atomic E-state index is 6.11. The van der Waals surface area contributed by atoms with Crippen molar-refractivity contribution in [2.24, 2.45) is 4.99 Å². The van der Waals surface area contributed by atoms with E-state index in [0.717, 1.165) is 64.6 Å². The highest BCUT2D eigenvalue weighted by Gasteiger charge is 2.26. The second kappa shape index (κ2) is 11.7. The molecule has 0 bridgehead atoms. The van der Waals surface area contributed by atoms with E-state index in [0.29, 0.717) is 12.2 Å². The SMILES string of the molecule is CCNC(=NCC(C)(C)c1cccs1)N1CCC(OCC2CCCO2)CC1.I. The Morgan fingerprint density at radius 2 is 2.14 bits per heavy atom. The van der Waals surface area contributed by atoms with Gasteiger partial charge in [-0.05, 0) is 44.1 Å². The van der Waals surface area contributed by atoms with E-state index in [1.807, 2.05) is 11.3 Å². The number of guanidine groups is 1. The first kappa shape index (κ1) is 23.9. The monoisotopic (exact) mass is 521 g/mol. The summed E-state index contributed by atoms with van der Waals surface area (Å²) in [6.07, 6.45) is 5.13. The average molecular weight is 522 g/mol. The number of hydrogen-bond donors (Lipinski definition) is 1. The van der Waals surface area contributed by atoms with E-state index in [9.17, 15) is 0 Å². The number of nitrogens with one attached hydrogen (secondary N) is 1. The molecule has 0 saturated carbocycles. The molecule has 28 heavy (non-hydrogen) atoms. The van der Waals surface area contributed by atoms with Crippen LogP contribution in [0.2, 0.25) is 0 Å². The van der Waals surface area contributed by atoms with Gasteiger partial charge in [0.1, 0.15) is 0 Å². The first-order chi connectivity index (χ1) is 13.1. The van der Waals surface area contributed by atoms with Crippen molar-refractivity contribution >= 4 is 41.3 Å². The zero-order chi connectivity index (χ0) is 19.1. The Labute approximate surface area is 191 Å². The van der Waals surface area contributed by atoms with Crippen molar-refractivity contribution in [3.05, 3.63) is 22.4 Å². The molecule has 7 heteroatoms. The van der Waals surface area contributed by atoms with E-state index in [1.54, 1.807) is 0 Å². The van der Waals surface area contributed by atoms with Gasteiger partial charge < -0.3 is 19.7 Å². The summed E-state index contributed by atoms with van der Waals surface area (Å²) in [5.74, 6) is 1.04. The van der Waals surface area contributed by atoms with Crippen molar-refractivity contribution in [2.75, 3.05) is 39.4 Å². The lowest BCUT2D eigenvalue weighted by atomic mass is 9.92. The van der Waals surface area contributed by atoms with Gasteiger partial charge in [0, 0.05) is 36.5 Å². The van der Waals surface area contributed by atoms with Crippen LogP contribution in [0.15, 0.2) is 22.5 Å². The number of piperidine rings is 1. The first-order valence-corrected chi connectivity index (χ1v) is 11.3. The summed E-state index contributed by atoms with van der Waals surface area (Å²) in [5.41, 5.74) is 0.0670. The van der Waals surface area contributed by atoms with Crippen molar-refractivity contribution in [1.29, 1.82) is 0 Å². The zero-order valence-electron chi connectivity index (χ0n) is 17.5. The molecule has 1 atom stereocenters. The van der Waals surface area contributed by atoms with E-state index < -0.39 is 0 Å². The van der Waals surface area contributed by atoms with Crippen molar-refractivity contribution < 1.29 is 9.47 Å². The normalized spacial score (nSPS) is 21.6. The Bertz CT molecular complexity index is 580. The molecule has 2 aliphatic heterocycles. The highest BCUT2D eigenvalue weighted by molar-refractivity contribution is 14.0. The lowest BCUT2D eigenvalue weighted by Gasteiger charge is -2.35. The largest absolute Gasteiger partial charge is 0.376 e. The summed E-state index contributed by atoms with van der Waals surface area (Å²) in [7, 11) is 0. The van der Waals surface area contributed by atoms with E-state index in [4.69, 9.17) is 14.5 Å². The number of ether oxygens (including phenoxy) is 2. The van der Waals surface area contributed by atoms with Gasteiger partial charge in [0.25, 0.3) is 0 Å². The molecule has 1 aromatic heterocycles. The van der Waals surface area contributed by atoms with Gasteiger partial charge in [-0.2, -0.15) is 0 Å². The Hall–Kier alpha value is -0.380. The quantitative estimate of drug-likeness (QED) is 0.331. The van der Waals surface area contributed by atoms with Gasteiger partial charge >= 0.3 is 0 Å². The van der Waals surface area contributed by atoms with Crippen LogP contribution in [0, 0.1) is 0 Å². The molecular weight excluding hydrogens is 485 g/mol. The van der Waals surface area contributed by atoms with Crippen LogP contribution in [0.1, 0.15) is 51.3 Å². The van der Waals surface area contributed by atoms with Crippen molar-refractivity contribution in [3.63, 3.8) is 0 Å². The molecule has 2 saturated heterocycles. The third kappa shape index (κ3) is 6.85. The number of aliphatic imine (C=N–C) groups is 1. The Balaban J connectivity index is 0.00000280. The number of thiophene rings is 1. The number of likely N-dealkylation sites (tertiary alicyclic amines) is 1. The van der Waals surface area contributed by atoms with Gasteiger partial charge in [0.05, 0.1) is 25.4 Å². The summed E-state index contributed by atoms with van der Waals surface area (Å²) < 4.78 is 11.8. The number of nitrogens with zero attached hydrogens (tertiary/aromatic N) is 2. The standard InChI is InChI=1S/C21H35N3O2S.HI/c1-4-22-20(23-16-21(2,3)19-8-6-14-27-19)24-11-9-17(10-12-24)26-15-18-7-5-13-25-18;/h6,8,14,17-18H,4-5,7,9-13,15-16H2,1-3H3,(H,22,23);1H. The summed E-state index contributed by atoms with van der Waals surface area (Å²) in [5, 5.41) is 5.63. The molecule has 5 nitrogen and oxygen atoms in total. The third-order valence-electron chi connectivity index (χ3n) is 5.43. The molecule has 0 aliphatic carbocycles.